The summed E-state index contributed by atoms with van der Waals surface area (Å²) in [5.74, 6) is 0. The normalized spacial score (nSPS) is 12.4. The highest BCUT2D eigenvalue weighted by molar-refractivity contribution is 7.89. The Morgan fingerprint density at radius 2 is 2.12 bits per heavy atom. The largest absolute Gasteiger partial charge is 0.263 e. The molecule has 0 aliphatic rings. The third-order valence-corrected chi connectivity index (χ3v) is 4.83. The molecule has 0 amide bonds. The van der Waals surface area contributed by atoms with Crippen LogP contribution in [0.15, 0.2) is 23.4 Å². The average Bonchev–Trinajstić information content (AvgIpc) is 2.17. The number of rotatable bonds is 4. The molecule has 0 aliphatic heterocycles. The summed E-state index contributed by atoms with van der Waals surface area (Å²) in [5, 5.41) is 0.203. The molecule has 1 aromatic heterocycles. The summed E-state index contributed by atoms with van der Waals surface area (Å²) in [6.45, 7) is 5.85. The summed E-state index contributed by atoms with van der Waals surface area (Å²) in [6, 6.07) is 1.37. The first kappa shape index (κ1) is 13.4. The lowest BCUT2D eigenvalue weighted by molar-refractivity contribution is 0.369. The van der Waals surface area contributed by atoms with Crippen LogP contribution in [0.1, 0.15) is 20.8 Å². The van der Waals surface area contributed by atoms with Crippen molar-refractivity contribution in [3.05, 3.63) is 23.5 Å². The second kappa shape index (κ2) is 5.12. The molecule has 1 aromatic rings. The lowest BCUT2D eigenvalue weighted by Crippen LogP contribution is -2.36. The fourth-order valence-electron chi connectivity index (χ4n) is 1.49. The molecule has 0 aliphatic carbocycles. The van der Waals surface area contributed by atoms with Gasteiger partial charge in [0.1, 0.15) is 4.90 Å². The van der Waals surface area contributed by atoms with E-state index in [-0.39, 0.29) is 16.0 Å². The van der Waals surface area contributed by atoms with Crippen LogP contribution in [-0.4, -0.2) is 30.3 Å². The molecule has 1 heterocycles. The minimum Gasteiger partial charge on any atom is -0.263 e. The van der Waals surface area contributed by atoms with Crippen molar-refractivity contribution in [2.45, 2.75) is 31.7 Å². The third kappa shape index (κ3) is 2.53. The van der Waals surface area contributed by atoms with E-state index in [0.717, 1.165) is 0 Å². The highest BCUT2D eigenvalue weighted by Gasteiger charge is 2.27. The van der Waals surface area contributed by atoms with Gasteiger partial charge in [0.25, 0.3) is 0 Å². The maximum atomic E-state index is 12.2. The Morgan fingerprint density at radius 3 is 2.56 bits per heavy atom. The molecule has 0 spiro atoms. The van der Waals surface area contributed by atoms with Gasteiger partial charge in [0.05, 0.1) is 5.02 Å². The first-order chi connectivity index (χ1) is 7.41. The molecule has 16 heavy (non-hydrogen) atoms. The Bertz CT molecular complexity index is 460. The van der Waals surface area contributed by atoms with Gasteiger partial charge in [0, 0.05) is 25.0 Å². The van der Waals surface area contributed by atoms with Gasteiger partial charge >= 0.3 is 0 Å². The standard InChI is InChI=1S/C10H15ClN2O2S/c1-4-13(8(2)3)16(14,15)10-7-12-6-5-9(10)11/h5-8H,4H2,1-3H3. The van der Waals surface area contributed by atoms with Gasteiger partial charge in [-0.1, -0.05) is 18.5 Å². The van der Waals surface area contributed by atoms with Crippen molar-refractivity contribution in [2.24, 2.45) is 0 Å². The molecule has 0 saturated heterocycles. The van der Waals surface area contributed by atoms with Crippen LogP contribution in [0, 0.1) is 0 Å². The van der Waals surface area contributed by atoms with E-state index in [9.17, 15) is 8.42 Å². The zero-order valence-electron chi connectivity index (χ0n) is 9.51. The summed E-state index contributed by atoms with van der Waals surface area (Å²) in [5.41, 5.74) is 0. The fourth-order valence-corrected chi connectivity index (χ4v) is 3.55. The van der Waals surface area contributed by atoms with E-state index >= 15 is 0 Å². The van der Waals surface area contributed by atoms with Crippen molar-refractivity contribution < 1.29 is 8.42 Å². The average molecular weight is 263 g/mol. The highest BCUT2D eigenvalue weighted by atomic mass is 35.5. The van der Waals surface area contributed by atoms with E-state index in [0.29, 0.717) is 6.54 Å². The Labute approximate surface area is 101 Å². The van der Waals surface area contributed by atoms with Crippen molar-refractivity contribution in [1.29, 1.82) is 0 Å². The van der Waals surface area contributed by atoms with Gasteiger partial charge in [-0.25, -0.2) is 8.42 Å². The lowest BCUT2D eigenvalue weighted by atomic mass is 10.4. The van der Waals surface area contributed by atoms with E-state index in [4.69, 9.17) is 11.6 Å². The third-order valence-electron chi connectivity index (χ3n) is 2.21. The smallest absolute Gasteiger partial charge is 0.246 e. The molecular weight excluding hydrogens is 248 g/mol. The highest BCUT2D eigenvalue weighted by Crippen LogP contribution is 2.24. The fraction of sp³-hybridized carbons (Fsp3) is 0.500. The van der Waals surface area contributed by atoms with E-state index in [1.165, 1.54) is 22.8 Å². The Balaban J connectivity index is 3.26. The lowest BCUT2D eigenvalue weighted by Gasteiger charge is -2.24. The Kier molecular flexibility index (Phi) is 4.29. The molecule has 0 radical (unpaired) electrons. The minimum atomic E-state index is -3.54. The number of halogens is 1. The molecule has 4 nitrogen and oxygen atoms in total. The van der Waals surface area contributed by atoms with Gasteiger partial charge in [-0.2, -0.15) is 4.31 Å². The second-order valence-electron chi connectivity index (χ2n) is 3.61. The van der Waals surface area contributed by atoms with E-state index in [1.54, 1.807) is 6.92 Å². The molecule has 0 unspecified atom stereocenters. The predicted molar refractivity (Wildman–Crippen MR) is 63.9 cm³/mol. The molecule has 0 bridgehead atoms. The van der Waals surface area contributed by atoms with Gasteiger partial charge in [0.2, 0.25) is 10.0 Å². The van der Waals surface area contributed by atoms with Gasteiger partial charge in [0.15, 0.2) is 0 Å². The van der Waals surface area contributed by atoms with Crippen LogP contribution in [-0.2, 0) is 10.0 Å². The predicted octanol–water partition coefficient (Wildman–Crippen LogP) is 2.15. The number of sulfonamides is 1. The monoisotopic (exact) mass is 262 g/mol. The van der Waals surface area contributed by atoms with Crippen LogP contribution in [0.4, 0.5) is 0 Å². The zero-order chi connectivity index (χ0) is 12.3. The minimum absolute atomic E-state index is 0.0622. The molecule has 1 rings (SSSR count). The zero-order valence-corrected chi connectivity index (χ0v) is 11.1. The summed E-state index contributed by atoms with van der Waals surface area (Å²) >= 11 is 5.87. The van der Waals surface area contributed by atoms with E-state index in [1.807, 2.05) is 13.8 Å². The van der Waals surface area contributed by atoms with Gasteiger partial charge < -0.3 is 0 Å². The van der Waals surface area contributed by atoms with Crippen LogP contribution >= 0.6 is 11.6 Å². The first-order valence-electron chi connectivity index (χ1n) is 5.02. The van der Waals surface area contributed by atoms with E-state index < -0.39 is 10.0 Å². The number of hydrogen-bond acceptors (Lipinski definition) is 3. The topological polar surface area (TPSA) is 50.3 Å². The van der Waals surface area contributed by atoms with Crippen molar-refractivity contribution in [3.63, 3.8) is 0 Å². The molecule has 0 atom stereocenters. The Morgan fingerprint density at radius 1 is 1.50 bits per heavy atom. The van der Waals surface area contributed by atoms with Crippen molar-refractivity contribution >= 4 is 21.6 Å². The molecule has 90 valence electrons. The maximum absolute atomic E-state index is 12.2. The molecule has 6 heteroatoms. The van der Waals surface area contributed by atoms with Crippen molar-refractivity contribution in [2.75, 3.05) is 6.54 Å². The molecule has 0 fully saturated rings. The molecule has 0 N–H and O–H groups in total. The SMILES string of the molecule is CCN(C(C)C)S(=O)(=O)c1cnccc1Cl. The van der Waals surface area contributed by atoms with Crippen LogP contribution in [0.25, 0.3) is 0 Å². The van der Waals surface area contributed by atoms with Crippen LogP contribution in [0.5, 0.6) is 0 Å². The first-order valence-corrected chi connectivity index (χ1v) is 6.84. The van der Waals surface area contributed by atoms with Crippen molar-refractivity contribution in [1.82, 2.24) is 9.29 Å². The molecule has 0 saturated carbocycles. The van der Waals surface area contributed by atoms with E-state index in [2.05, 4.69) is 4.98 Å². The quantitative estimate of drug-likeness (QED) is 0.836. The van der Waals surface area contributed by atoms with Gasteiger partial charge in [-0.05, 0) is 19.9 Å². The molecular formula is C10H15ClN2O2S. The number of aromatic nitrogens is 1. The summed E-state index contributed by atoms with van der Waals surface area (Å²) in [4.78, 5) is 3.86. The summed E-state index contributed by atoms with van der Waals surface area (Å²) in [6.07, 6.45) is 2.75. The van der Waals surface area contributed by atoms with Crippen molar-refractivity contribution in [3.8, 4) is 0 Å². The second-order valence-corrected chi connectivity index (χ2v) is 5.87. The maximum Gasteiger partial charge on any atom is 0.246 e. The summed E-state index contributed by atoms with van der Waals surface area (Å²) in [7, 11) is -3.54. The number of nitrogens with zero attached hydrogens (tertiary/aromatic N) is 2. The van der Waals surface area contributed by atoms with Crippen LogP contribution in [0.3, 0.4) is 0 Å². The Hall–Kier alpha value is -0.650. The number of hydrogen-bond donors (Lipinski definition) is 0. The van der Waals surface area contributed by atoms with Gasteiger partial charge in [-0.15, -0.1) is 0 Å². The van der Waals surface area contributed by atoms with Crippen LogP contribution < -0.4 is 0 Å². The molecule has 0 aromatic carbocycles. The van der Waals surface area contributed by atoms with Crippen LogP contribution in [0.2, 0.25) is 5.02 Å². The summed E-state index contributed by atoms with van der Waals surface area (Å²) < 4.78 is 25.8. The van der Waals surface area contributed by atoms with Gasteiger partial charge in [-0.3, -0.25) is 4.98 Å². The number of pyridine rings is 1.